The molecular formula is C15H22N2O2. The summed E-state index contributed by atoms with van der Waals surface area (Å²) in [6.45, 7) is 8.13. The number of benzene rings is 1. The van der Waals surface area contributed by atoms with Crippen LogP contribution in [-0.2, 0) is 4.79 Å². The molecule has 1 N–H and O–H groups in total. The highest BCUT2D eigenvalue weighted by Gasteiger charge is 2.09. The quantitative estimate of drug-likeness (QED) is 0.633. The fourth-order valence-corrected chi connectivity index (χ4v) is 1.63. The second-order valence-electron chi connectivity index (χ2n) is 4.74. The van der Waals surface area contributed by atoms with E-state index >= 15 is 0 Å². The number of nitrogens with zero attached hydrogens (tertiary/aromatic N) is 1. The van der Waals surface area contributed by atoms with Gasteiger partial charge in [-0.2, -0.15) is 5.10 Å². The lowest BCUT2D eigenvalue weighted by molar-refractivity contribution is -0.123. The first-order valence-corrected chi connectivity index (χ1v) is 6.58. The van der Waals surface area contributed by atoms with Gasteiger partial charge < -0.3 is 4.74 Å². The molecule has 4 nitrogen and oxygen atoms in total. The lowest BCUT2D eigenvalue weighted by atomic mass is 10.0. The number of rotatable bonds is 6. The summed E-state index contributed by atoms with van der Waals surface area (Å²) in [5.74, 6) is 0.877. The third-order valence-corrected chi connectivity index (χ3v) is 2.61. The normalized spacial score (nSPS) is 11.0. The summed E-state index contributed by atoms with van der Waals surface area (Å²) in [7, 11) is 0. The van der Waals surface area contributed by atoms with Crippen molar-refractivity contribution in [1.29, 1.82) is 0 Å². The van der Waals surface area contributed by atoms with Gasteiger partial charge in [-0.25, -0.2) is 5.43 Å². The van der Waals surface area contributed by atoms with Crippen molar-refractivity contribution < 1.29 is 9.53 Å². The first-order valence-electron chi connectivity index (χ1n) is 6.58. The average molecular weight is 262 g/mol. The molecule has 0 fully saturated rings. The Kier molecular flexibility index (Phi) is 6.06. The van der Waals surface area contributed by atoms with Crippen LogP contribution in [0.25, 0.3) is 0 Å². The Bertz CT molecular complexity index is 453. The van der Waals surface area contributed by atoms with Gasteiger partial charge in [0.1, 0.15) is 5.75 Å². The smallest absolute Gasteiger partial charge is 0.277 e. The number of carbonyl (C=O) groups is 1. The molecule has 0 saturated heterocycles. The highest BCUT2D eigenvalue weighted by atomic mass is 16.5. The molecule has 0 aliphatic heterocycles. The van der Waals surface area contributed by atoms with Crippen LogP contribution < -0.4 is 10.2 Å². The van der Waals surface area contributed by atoms with Gasteiger partial charge in [-0.1, -0.05) is 32.9 Å². The zero-order valence-electron chi connectivity index (χ0n) is 12.1. The van der Waals surface area contributed by atoms with Gasteiger partial charge in [0, 0.05) is 6.21 Å². The SMILES string of the molecule is CCC=NNC(=O)COc1cc(C)ccc1C(C)C. The number of nitrogens with one attached hydrogen (secondary N) is 1. The van der Waals surface area contributed by atoms with Crippen LogP contribution in [0.15, 0.2) is 23.3 Å². The van der Waals surface area contributed by atoms with Crippen molar-refractivity contribution in [2.45, 2.75) is 40.0 Å². The molecule has 0 atom stereocenters. The maximum atomic E-state index is 11.5. The molecule has 1 amide bonds. The Labute approximate surface area is 114 Å². The van der Waals surface area contributed by atoms with Gasteiger partial charge in [0.05, 0.1) is 0 Å². The Morgan fingerprint density at radius 2 is 2.21 bits per heavy atom. The summed E-state index contributed by atoms with van der Waals surface area (Å²) < 4.78 is 5.59. The average Bonchev–Trinajstić information content (AvgIpc) is 2.36. The van der Waals surface area contributed by atoms with E-state index in [0.29, 0.717) is 5.92 Å². The Morgan fingerprint density at radius 3 is 2.84 bits per heavy atom. The van der Waals surface area contributed by atoms with Crippen LogP contribution in [-0.4, -0.2) is 18.7 Å². The number of amides is 1. The summed E-state index contributed by atoms with van der Waals surface area (Å²) in [6, 6.07) is 6.05. The maximum absolute atomic E-state index is 11.5. The summed E-state index contributed by atoms with van der Waals surface area (Å²) in [5.41, 5.74) is 4.64. The molecular weight excluding hydrogens is 240 g/mol. The van der Waals surface area contributed by atoms with E-state index < -0.39 is 0 Å². The van der Waals surface area contributed by atoms with Gasteiger partial charge in [-0.15, -0.1) is 0 Å². The minimum Gasteiger partial charge on any atom is -0.483 e. The van der Waals surface area contributed by atoms with E-state index in [1.165, 1.54) is 0 Å². The Hall–Kier alpha value is -1.84. The summed E-state index contributed by atoms with van der Waals surface area (Å²) in [4.78, 5) is 11.5. The van der Waals surface area contributed by atoms with Gasteiger partial charge in [-0.3, -0.25) is 4.79 Å². The third-order valence-electron chi connectivity index (χ3n) is 2.61. The molecule has 4 heteroatoms. The predicted molar refractivity (Wildman–Crippen MR) is 77.7 cm³/mol. The second-order valence-corrected chi connectivity index (χ2v) is 4.74. The van der Waals surface area contributed by atoms with Crippen molar-refractivity contribution in [2.75, 3.05) is 6.61 Å². The molecule has 104 valence electrons. The van der Waals surface area contributed by atoms with Crippen molar-refractivity contribution in [3.63, 3.8) is 0 Å². The van der Waals surface area contributed by atoms with E-state index in [9.17, 15) is 4.79 Å². The third kappa shape index (κ3) is 5.12. The molecule has 0 bridgehead atoms. The van der Waals surface area contributed by atoms with Crippen LogP contribution in [0.4, 0.5) is 0 Å². The number of hydrazone groups is 1. The Morgan fingerprint density at radius 1 is 1.47 bits per heavy atom. The molecule has 0 radical (unpaired) electrons. The molecule has 1 aromatic rings. The van der Waals surface area contributed by atoms with Crippen LogP contribution in [0.2, 0.25) is 0 Å². The standard InChI is InChI=1S/C15H22N2O2/c1-5-8-16-17-15(18)10-19-14-9-12(4)6-7-13(14)11(2)3/h6-9,11H,5,10H2,1-4H3,(H,17,18). The van der Waals surface area contributed by atoms with Gasteiger partial charge in [-0.05, 0) is 36.5 Å². The van der Waals surface area contributed by atoms with Crippen molar-refractivity contribution in [1.82, 2.24) is 5.43 Å². The summed E-state index contributed by atoms with van der Waals surface area (Å²) in [6.07, 6.45) is 2.43. The van der Waals surface area contributed by atoms with E-state index in [2.05, 4.69) is 24.4 Å². The molecule has 1 aromatic carbocycles. The van der Waals surface area contributed by atoms with E-state index in [4.69, 9.17) is 4.74 Å². The van der Waals surface area contributed by atoms with Crippen LogP contribution in [0.3, 0.4) is 0 Å². The lowest BCUT2D eigenvalue weighted by Crippen LogP contribution is -2.24. The lowest BCUT2D eigenvalue weighted by Gasteiger charge is -2.14. The van der Waals surface area contributed by atoms with Crippen molar-refractivity contribution in [2.24, 2.45) is 5.10 Å². The van der Waals surface area contributed by atoms with Crippen LogP contribution in [0.5, 0.6) is 5.75 Å². The van der Waals surface area contributed by atoms with E-state index in [0.717, 1.165) is 23.3 Å². The van der Waals surface area contributed by atoms with Crippen molar-refractivity contribution >= 4 is 12.1 Å². The van der Waals surface area contributed by atoms with Gasteiger partial charge >= 0.3 is 0 Å². The van der Waals surface area contributed by atoms with Gasteiger partial charge in [0.2, 0.25) is 0 Å². The molecule has 0 aliphatic rings. The summed E-state index contributed by atoms with van der Waals surface area (Å²) >= 11 is 0. The molecule has 19 heavy (non-hydrogen) atoms. The largest absolute Gasteiger partial charge is 0.483 e. The minimum absolute atomic E-state index is 0.0236. The molecule has 1 rings (SSSR count). The van der Waals surface area contributed by atoms with Crippen molar-refractivity contribution in [3.8, 4) is 5.75 Å². The Balaban J connectivity index is 2.64. The van der Waals surface area contributed by atoms with Crippen LogP contribution in [0, 0.1) is 6.92 Å². The van der Waals surface area contributed by atoms with Gasteiger partial charge in [0.15, 0.2) is 6.61 Å². The topological polar surface area (TPSA) is 50.7 Å². The zero-order valence-corrected chi connectivity index (χ0v) is 12.1. The molecule has 0 spiro atoms. The first-order chi connectivity index (χ1) is 9.04. The highest BCUT2D eigenvalue weighted by molar-refractivity contribution is 5.78. The van der Waals surface area contributed by atoms with Crippen LogP contribution in [0.1, 0.15) is 44.2 Å². The molecule has 0 aromatic heterocycles. The second kappa shape index (κ2) is 7.56. The fourth-order valence-electron chi connectivity index (χ4n) is 1.63. The zero-order chi connectivity index (χ0) is 14.3. The highest BCUT2D eigenvalue weighted by Crippen LogP contribution is 2.27. The number of hydrogen-bond donors (Lipinski definition) is 1. The van der Waals surface area contributed by atoms with E-state index in [-0.39, 0.29) is 12.5 Å². The monoisotopic (exact) mass is 262 g/mol. The molecule has 0 saturated carbocycles. The van der Waals surface area contributed by atoms with Gasteiger partial charge in [0.25, 0.3) is 5.91 Å². The summed E-state index contributed by atoms with van der Waals surface area (Å²) in [5, 5.41) is 3.77. The number of ether oxygens (including phenoxy) is 1. The molecule has 0 heterocycles. The fraction of sp³-hybridized carbons (Fsp3) is 0.467. The van der Waals surface area contributed by atoms with Crippen molar-refractivity contribution in [3.05, 3.63) is 29.3 Å². The number of hydrogen-bond acceptors (Lipinski definition) is 3. The number of aryl methyl sites for hydroxylation is 1. The first kappa shape index (κ1) is 15.2. The van der Waals surface area contributed by atoms with E-state index in [1.54, 1.807) is 6.21 Å². The maximum Gasteiger partial charge on any atom is 0.277 e. The van der Waals surface area contributed by atoms with Crippen LogP contribution >= 0.6 is 0 Å². The molecule has 0 aliphatic carbocycles. The minimum atomic E-state index is -0.249. The van der Waals surface area contributed by atoms with E-state index in [1.807, 2.05) is 32.0 Å². The number of carbonyl (C=O) groups excluding carboxylic acids is 1. The molecule has 0 unspecified atom stereocenters. The predicted octanol–water partition coefficient (Wildman–Crippen LogP) is 3.01.